The second-order valence-corrected chi connectivity index (χ2v) is 8.89. The van der Waals surface area contributed by atoms with Gasteiger partial charge in [0, 0.05) is 36.3 Å². The first-order valence-electron chi connectivity index (χ1n) is 9.00. The Bertz CT molecular complexity index is 918. The first kappa shape index (κ1) is 20.0. The van der Waals surface area contributed by atoms with Gasteiger partial charge in [0.05, 0.1) is 4.90 Å². The number of hydrogen-bond acceptors (Lipinski definition) is 4. The van der Waals surface area contributed by atoms with Gasteiger partial charge in [0.15, 0.2) is 5.78 Å². The van der Waals surface area contributed by atoms with Gasteiger partial charge >= 0.3 is 0 Å². The van der Waals surface area contributed by atoms with Crippen molar-refractivity contribution in [2.75, 3.05) is 13.1 Å². The third-order valence-electron chi connectivity index (χ3n) is 5.27. The van der Waals surface area contributed by atoms with E-state index in [0.717, 1.165) is 19.3 Å². The fourth-order valence-electron chi connectivity index (χ4n) is 3.89. The second kappa shape index (κ2) is 8.10. The lowest BCUT2D eigenvalue weighted by molar-refractivity contribution is 0.103. The zero-order valence-electron chi connectivity index (χ0n) is 14.9. The smallest absolute Gasteiger partial charge is 0.243 e. The first-order chi connectivity index (χ1) is 12.6. The Morgan fingerprint density at radius 3 is 2.37 bits per heavy atom. The summed E-state index contributed by atoms with van der Waals surface area (Å²) in [6, 6.07) is 15.9. The van der Waals surface area contributed by atoms with Crippen LogP contribution in [0.3, 0.4) is 0 Å². The van der Waals surface area contributed by atoms with Gasteiger partial charge in [-0.25, -0.2) is 8.42 Å². The molecule has 2 aliphatic heterocycles. The fourth-order valence-corrected chi connectivity index (χ4v) is 5.58. The van der Waals surface area contributed by atoms with Crippen molar-refractivity contribution in [2.45, 2.75) is 36.2 Å². The number of rotatable bonds is 4. The third kappa shape index (κ3) is 3.94. The summed E-state index contributed by atoms with van der Waals surface area (Å²) in [6.07, 6.45) is 2.92. The molecule has 4 rings (SSSR count). The summed E-state index contributed by atoms with van der Waals surface area (Å²) in [5, 5.41) is 3.50. The minimum absolute atomic E-state index is 0. The Kier molecular flexibility index (Phi) is 6.01. The molecular weight excluding hydrogens is 384 g/mol. The van der Waals surface area contributed by atoms with Crippen LogP contribution in [0.1, 0.15) is 35.2 Å². The van der Waals surface area contributed by atoms with E-state index < -0.39 is 10.0 Å². The van der Waals surface area contributed by atoms with Crippen LogP contribution in [0.5, 0.6) is 0 Å². The van der Waals surface area contributed by atoms with E-state index in [1.165, 1.54) is 0 Å². The quantitative estimate of drug-likeness (QED) is 0.793. The Morgan fingerprint density at radius 2 is 1.59 bits per heavy atom. The van der Waals surface area contributed by atoms with Crippen LogP contribution >= 0.6 is 12.4 Å². The van der Waals surface area contributed by atoms with Crippen molar-refractivity contribution in [2.24, 2.45) is 0 Å². The molecule has 0 saturated carbocycles. The Balaban J connectivity index is 0.00000210. The molecule has 2 unspecified atom stereocenters. The molecule has 2 aliphatic rings. The molecule has 0 aromatic heterocycles. The molecule has 0 radical (unpaired) electrons. The molecule has 5 nitrogen and oxygen atoms in total. The van der Waals surface area contributed by atoms with Crippen molar-refractivity contribution in [3.05, 3.63) is 65.7 Å². The van der Waals surface area contributed by atoms with E-state index >= 15 is 0 Å². The van der Waals surface area contributed by atoms with Crippen LogP contribution < -0.4 is 5.32 Å². The highest BCUT2D eigenvalue weighted by Gasteiger charge is 2.36. The normalized spacial score (nSPS) is 22.7. The predicted octanol–water partition coefficient (Wildman–Crippen LogP) is 2.85. The average Bonchev–Trinajstić information content (AvgIpc) is 3.00. The first-order valence-corrected chi connectivity index (χ1v) is 10.4. The lowest BCUT2D eigenvalue weighted by atomic mass is 10.0. The Labute approximate surface area is 166 Å². The topological polar surface area (TPSA) is 66.5 Å². The monoisotopic (exact) mass is 406 g/mol. The van der Waals surface area contributed by atoms with Crippen LogP contribution in [0.25, 0.3) is 0 Å². The zero-order valence-corrected chi connectivity index (χ0v) is 16.5. The molecule has 0 aliphatic carbocycles. The number of fused-ring (bicyclic) bond motifs is 2. The number of benzene rings is 2. The summed E-state index contributed by atoms with van der Waals surface area (Å²) in [5.41, 5.74) is 0.729. The molecule has 7 heteroatoms. The van der Waals surface area contributed by atoms with Crippen molar-refractivity contribution in [3.8, 4) is 0 Å². The van der Waals surface area contributed by atoms with Crippen LogP contribution in [0, 0.1) is 0 Å². The number of nitrogens with one attached hydrogen (secondary N) is 1. The molecule has 2 heterocycles. The van der Waals surface area contributed by atoms with Gasteiger partial charge in [0.1, 0.15) is 0 Å². The molecule has 2 atom stereocenters. The van der Waals surface area contributed by atoms with Gasteiger partial charge < -0.3 is 5.32 Å². The second-order valence-electron chi connectivity index (χ2n) is 6.98. The molecule has 0 spiro atoms. The minimum atomic E-state index is -3.72. The van der Waals surface area contributed by atoms with E-state index in [4.69, 9.17) is 0 Å². The summed E-state index contributed by atoms with van der Waals surface area (Å²) in [4.78, 5) is 13.0. The van der Waals surface area contributed by atoms with Crippen LogP contribution in [-0.4, -0.2) is 43.7 Å². The Hall–Kier alpha value is -1.73. The van der Waals surface area contributed by atoms with E-state index in [2.05, 4.69) is 5.32 Å². The summed E-state index contributed by atoms with van der Waals surface area (Å²) < 4.78 is 28.2. The largest absolute Gasteiger partial charge is 0.310 e. The van der Waals surface area contributed by atoms with E-state index in [0.29, 0.717) is 24.7 Å². The summed E-state index contributed by atoms with van der Waals surface area (Å²) in [7, 11) is -3.72. The molecule has 0 amide bonds. The van der Waals surface area contributed by atoms with Crippen molar-refractivity contribution in [1.82, 2.24) is 9.62 Å². The SMILES string of the molecule is Cl.O=C(c1ccccc1)c1ccccc1S(=O)(=O)N1CCC2CCC(C1)N2. The number of nitrogens with zero attached hydrogens (tertiary/aromatic N) is 1. The molecule has 2 aromatic rings. The Morgan fingerprint density at radius 1 is 0.926 bits per heavy atom. The van der Waals surface area contributed by atoms with E-state index in [9.17, 15) is 13.2 Å². The lowest BCUT2D eigenvalue weighted by Gasteiger charge is -2.24. The lowest BCUT2D eigenvalue weighted by Crippen LogP contribution is -2.39. The highest BCUT2D eigenvalue weighted by Crippen LogP contribution is 2.27. The minimum Gasteiger partial charge on any atom is -0.310 e. The van der Waals surface area contributed by atoms with Crippen molar-refractivity contribution >= 4 is 28.2 Å². The number of carbonyl (C=O) groups excluding carboxylic acids is 1. The maximum absolute atomic E-state index is 13.3. The highest BCUT2D eigenvalue weighted by atomic mass is 35.5. The number of halogens is 1. The number of ketones is 1. The summed E-state index contributed by atoms with van der Waals surface area (Å²) in [5.74, 6) is -0.265. The van der Waals surface area contributed by atoms with Gasteiger partial charge in [-0.3, -0.25) is 4.79 Å². The maximum atomic E-state index is 13.3. The number of sulfonamides is 1. The number of hydrogen-bond donors (Lipinski definition) is 1. The van der Waals surface area contributed by atoms with E-state index in [1.54, 1.807) is 52.8 Å². The van der Waals surface area contributed by atoms with Crippen LogP contribution in [-0.2, 0) is 10.0 Å². The standard InChI is InChI=1S/C20H22N2O3S.ClH/c23-20(15-6-2-1-3-7-15)18-8-4-5-9-19(18)26(24,25)22-13-12-16-10-11-17(14-22)21-16;/h1-9,16-17,21H,10-14H2;1H. The van der Waals surface area contributed by atoms with Crippen LogP contribution in [0.15, 0.2) is 59.5 Å². The van der Waals surface area contributed by atoms with Gasteiger partial charge in [-0.05, 0) is 31.4 Å². The molecule has 144 valence electrons. The summed E-state index contributed by atoms with van der Waals surface area (Å²) >= 11 is 0. The fraction of sp³-hybridized carbons (Fsp3) is 0.350. The van der Waals surface area contributed by atoms with E-state index in [1.807, 2.05) is 6.07 Å². The predicted molar refractivity (Wildman–Crippen MR) is 107 cm³/mol. The van der Waals surface area contributed by atoms with Gasteiger partial charge in [-0.1, -0.05) is 42.5 Å². The van der Waals surface area contributed by atoms with Gasteiger partial charge in [0.2, 0.25) is 10.0 Å². The molecule has 2 aromatic carbocycles. The molecule has 2 fully saturated rings. The molecule has 2 saturated heterocycles. The van der Waals surface area contributed by atoms with Crippen LogP contribution in [0.2, 0.25) is 0 Å². The summed E-state index contributed by atoms with van der Waals surface area (Å²) in [6.45, 7) is 0.955. The molecule has 2 bridgehead atoms. The van der Waals surface area contributed by atoms with Crippen molar-refractivity contribution in [3.63, 3.8) is 0 Å². The number of carbonyl (C=O) groups is 1. The van der Waals surface area contributed by atoms with Gasteiger partial charge in [0.25, 0.3) is 0 Å². The average molecular weight is 407 g/mol. The third-order valence-corrected chi connectivity index (χ3v) is 7.19. The zero-order chi connectivity index (χ0) is 18.1. The maximum Gasteiger partial charge on any atom is 0.243 e. The van der Waals surface area contributed by atoms with Crippen molar-refractivity contribution in [1.29, 1.82) is 0 Å². The van der Waals surface area contributed by atoms with Gasteiger partial charge in [-0.2, -0.15) is 4.31 Å². The van der Waals surface area contributed by atoms with Gasteiger partial charge in [-0.15, -0.1) is 12.4 Å². The molecule has 1 N–H and O–H groups in total. The van der Waals surface area contributed by atoms with Crippen molar-refractivity contribution < 1.29 is 13.2 Å². The van der Waals surface area contributed by atoms with E-state index in [-0.39, 0.29) is 34.7 Å². The molecule has 27 heavy (non-hydrogen) atoms. The highest BCUT2D eigenvalue weighted by molar-refractivity contribution is 7.89. The molecular formula is C20H23ClN2O3S. The van der Waals surface area contributed by atoms with Crippen LogP contribution in [0.4, 0.5) is 0 Å².